The summed E-state index contributed by atoms with van der Waals surface area (Å²) in [6.45, 7) is 18.2. The van der Waals surface area contributed by atoms with E-state index in [0.717, 1.165) is 30.6 Å². The molecule has 0 N–H and O–H groups in total. The Labute approximate surface area is 225 Å². The van der Waals surface area contributed by atoms with Crippen molar-refractivity contribution in [2.24, 2.45) is 35.5 Å². The number of rotatable bonds is 6. The highest BCUT2D eigenvalue weighted by atomic mass is 14.4. The Morgan fingerprint density at radius 3 is 2.54 bits per heavy atom. The van der Waals surface area contributed by atoms with Crippen molar-refractivity contribution in [3.8, 4) is 11.1 Å². The van der Waals surface area contributed by atoms with Gasteiger partial charge in [0.2, 0.25) is 0 Å². The molecule has 5 atom stereocenters. The van der Waals surface area contributed by atoms with E-state index in [4.69, 9.17) is 0 Å². The Morgan fingerprint density at radius 2 is 1.81 bits per heavy atom. The van der Waals surface area contributed by atoms with Crippen LogP contribution in [0.3, 0.4) is 0 Å². The van der Waals surface area contributed by atoms with Gasteiger partial charge in [-0.15, -0.1) is 0 Å². The third-order valence-electron chi connectivity index (χ3n) is 10.3. The number of hydrogen-bond acceptors (Lipinski definition) is 0. The minimum absolute atomic E-state index is 0.357. The van der Waals surface area contributed by atoms with Crippen LogP contribution in [-0.4, -0.2) is 0 Å². The normalized spacial score (nSPS) is 28.4. The van der Waals surface area contributed by atoms with Gasteiger partial charge < -0.3 is 0 Å². The number of benzene rings is 2. The lowest BCUT2D eigenvalue weighted by molar-refractivity contribution is 0.331. The van der Waals surface area contributed by atoms with E-state index in [9.17, 15) is 0 Å². The van der Waals surface area contributed by atoms with Crippen LogP contribution in [0.2, 0.25) is 0 Å². The molecule has 2 saturated carbocycles. The van der Waals surface area contributed by atoms with Gasteiger partial charge >= 0.3 is 0 Å². The van der Waals surface area contributed by atoms with Gasteiger partial charge in [0.25, 0.3) is 0 Å². The molecule has 192 valence electrons. The summed E-state index contributed by atoms with van der Waals surface area (Å²) < 4.78 is 0. The Morgan fingerprint density at radius 1 is 0.973 bits per heavy atom. The van der Waals surface area contributed by atoms with E-state index in [2.05, 4.69) is 89.4 Å². The first kappa shape index (κ1) is 24.7. The molecule has 2 bridgehead atoms. The first-order valence-corrected chi connectivity index (χ1v) is 14.8. The molecule has 0 aliphatic heterocycles. The molecule has 0 spiro atoms. The van der Waals surface area contributed by atoms with Gasteiger partial charge in [0.1, 0.15) is 0 Å². The fourth-order valence-electron chi connectivity index (χ4n) is 8.33. The van der Waals surface area contributed by atoms with Crippen LogP contribution in [0.1, 0.15) is 73.8 Å². The first-order chi connectivity index (χ1) is 17.8. The zero-order valence-electron chi connectivity index (χ0n) is 23.4. The molecule has 2 aromatic carbocycles. The predicted molar refractivity (Wildman–Crippen MR) is 160 cm³/mol. The van der Waals surface area contributed by atoms with Crippen molar-refractivity contribution < 1.29 is 0 Å². The van der Waals surface area contributed by atoms with Crippen LogP contribution < -0.4 is 0 Å². The van der Waals surface area contributed by atoms with E-state index < -0.39 is 0 Å². The quantitative estimate of drug-likeness (QED) is 0.355. The topological polar surface area (TPSA) is 0 Å². The molecule has 4 unspecified atom stereocenters. The highest BCUT2D eigenvalue weighted by molar-refractivity contribution is 5.80. The zero-order chi connectivity index (χ0) is 25.8. The van der Waals surface area contributed by atoms with Gasteiger partial charge in [0, 0.05) is 11.8 Å². The number of fused-ring (bicyclic) bond motifs is 3. The van der Waals surface area contributed by atoms with Gasteiger partial charge in [-0.3, -0.25) is 0 Å². The summed E-state index contributed by atoms with van der Waals surface area (Å²) in [5, 5.41) is 0. The molecule has 0 nitrogen and oxygen atoms in total. The summed E-state index contributed by atoms with van der Waals surface area (Å²) in [5.41, 5.74) is 14.5. The molecule has 0 radical (unpaired) electrons. The van der Waals surface area contributed by atoms with E-state index in [1.54, 1.807) is 5.56 Å². The average Bonchev–Trinajstić information content (AvgIpc) is 3.58. The molecular weight excluding hydrogens is 444 g/mol. The maximum Gasteiger partial charge on any atom is 0.00828 e. The van der Waals surface area contributed by atoms with E-state index >= 15 is 0 Å². The van der Waals surface area contributed by atoms with Crippen LogP contribution in [0.4, 0.5) is 0 Å². The Balaban J connectivity index is 1.29. The standard InChI is InChI=1S/C37H44/c1-22(2)32-13-10-24(4)34(26(32)6)19-28-18-30-8-7-9-33(36(30)20-28)37-15-23(3)14-25(5)35(37)21-31-17-27-11-12-29(31)16-27/h7-10,13-15,18,22,27,29,31-32,34H,4,6,11-12,16-17,19-21H2,1-3,5H3/t27?,29?,31-,32?,34?/m0/s1. The second-order valence-corrected chi connectivity index (χ2v) is 13.1. The van der Waals surface area contributed by atoms with Crippen LogP contribution in [0, 0.1) is 49.4 Å². The third-order valence-corrected chi connectivity index (χ3v) is 10.3. The summed E-state index contributed by atoms with van der Waals surface area (Å²) in [6, 6.07) is 11.9. The lowest BCUT2D eigenvalue weighted by Crippen LogP contribution is -2.21. The average molecular weight is 489 g/mol. The van der Waals surface area contributed by atoms with Crippen molar-refractivity contribution >= 4 is 6.08 Å². The van der Waals surface area contributed by atoms with Crippen molar-refractivity contribution in [3.63, 3.8) is 0 Å². The van der Waals surface area contributed by atoms with Crippen LogP contribution in [0.25, 0.3) is 17.2 Å². The summed E-state index contributed by atoms with van der Waals surface area (Å²) in [6.07, 6.45) is 16.3. The maximum atomic E-state index is 4.56. The van der Waals surface area contributed by atoms with Gasteiger partial charge in [0.15, 0.2) is 0 Å². The van der Waals surface area contributed by atoms with Crippen molar-refractivity contribution in [2.45, 2.75) is 72.6 Å². The lowest BCUT2D eigenvalue weighted by Gasteiger charge is -2.32. The zero-order valence-corrected chi connectivity index (χ0v) is 23.4. The largest absolute Gasteiger partial charge is 0.0986 e. The van der Waals surface area contributed by atoms with Crippen LogP contribution >= 0.6 is 0 Å². The Kier molecular flexibility index (Phi) is 6.42. The van der Waals surface area contributed by atoms with Crippen molar-refractivity contribution in [1.82, 2.24) is 0 Å². The van der Waals surface area contributed by atoms with Gasteiger partial charge in [-0.05, 0) is 115 Å². The SMILES string of the molecule is C=C1C=CC(C(C)C)C(=C)C1CC1=Cc2cccc(-c3cc(C)cc(C)c3C[C@@H]3CC4CCC3C4)c2C1. The summed E-state index contributed by atoms with van der Waals surface area (Å²) in [7, 11) is 0. The monoisotopic (exact) mass is 488 g/mol. The fourth-order valence-corrected chi connectivity index (χ4v) is 8.33. The van der Waals surface area contributed by atoms with Crippen LogP contribution in [0.15, 0.2) is 72.4 Å². The van der Waals surface area contributed by atoms with E-state index in [1.165, 1.54) is 82.2 Å². The molecule has 2 fully saturated rings. The Bertz CT molecular complexity index is 1310. The molecule has 4 aliphatic rings. The molecule has 0 saturated heterocycles. The maximum absolute atomic E-state index is 4.56. The van der Waals surface area contributed by atoms with E-state index in [0.29, 0.717) is 17.8 Å². The summed E-state index contributed by atoms with van der Waals surface area (Å²) in [4.78, 5) is 0. The van der Waals surface area contributed by atoms with Gasteiger partial charge in [0.05, 0.1) is 0 Å². The molecule has 6 rings (SSSR count). The van der Waals surface area contributed by atoms with Gasteiger partial charge in [-0.1, -0.05) is 98.7 Å². The molecule has 0 heterocycles. The fraction of sp³-hybridized carbons (Fsp3) is 0.459. The summed E-state index contributed by atoms with van der Waals surface area (Å²) >= 11 is 0. The second kappa shape index (κ2) is 9.61. The Hall–Kier alpha value is -2.60. The highest BCUT2D eigenvalue weighted by Gasteiger charge is 2.39. The van der Waals surface area contributed by atoms with Crippen molar-refractivity contribution in [1.29, 1.82) is 0 Å². The molecule has 37 heavy (non-hydrogen) atoms. The van der Waals surface area contributed by atoms with Crippen molar-refractivity contribution in [2.75, 3.05) is 0 Å². The van der Waals surface area contributed by atoms with Gasteiger partial charge in [-0.2, -0.15) is 0 Å². The number of allylic oxidation sites excluding steroid dienone is 5. The van der Waals surface area contributed by atoms with Crippen LogP contribution in [-0.2, 0) is 12.8 Å². The smallest absolute Gasteiger partial charge is 0.00828 e. The molecule has 0 aromatic heterocycles. The molecule has 0 heteroatoms. The number of hydrogen-bond donors (Lipinski definition) is 0. The molecule has 4 aliphatic carbocycles. The van der Waals surface area contributed by atoms with Crippen LogP contribution in [0.5, 0.6) is 0 Å². The molecule has 0 amide bonds. The minimum atomic E-state index is 0.357. The molecule has 2 aromatic rings. The van der Waals surface area contributed by atoms with Crippen molar-refractivity contribution in [3.05, 3.63) is 100 Å². The van der Waals surface area contributed by atoms with E-state index in [-0.39, 0.29) is 0 Å². The minimum Gasteiger partial charge on any atom is -0.0986 e. The predicted octanol–water partition coefficient (Wildman–Crippen LogP) is 9.85. The number of aryl methyl sites for hydroxylation is 2. The van der Waals surface area contributed by atoms with E-state index in [1.807, 2.05) is 0 Å². The molecular formula is C37H44. The highest BCUT2D eigenvalue weighted by Crippen LogP contribution is 2.50. The lowest BCUT2D eigenvalue weighted by atomic mass is 9.72. The second-order valence-electron chi connectivity index (χ2n) is 13.1. The summed E-state index contributed by atoms with van der Waals surface area (Å²) in [5.74, 6) is 4.25. The third kappa shape index (κ3) is 4.52. The first-order valence-electron chi connectivity index (χ1n) is 14.8. The van der Waals surface area contributed by atoms with Gasteiger partial charge in [-0.25, -0.2) is 0 Å².